The van der Waals surface area contributed by atoms with Crippen molar-refractivity contribution in [3.05, 3.63) is 0 Å². The third-order valence-electron chi connectivity index (χ3n) is 3.64. The third kappa shape index (κ3) is 3.61. The van der Waals surface area contributed by atoms with E-state index in [2.05, 4.69) is 5.32 Å². The quantitative estimate of drug-likeness (QED) is 0.537. The van der Waals surface area contributed by atoms with E-state index in [-0.39, 0.29) is 0 Å². The van der Waals surface area contributed by atoms with Crippen LogP contribution in [-0.4, -0.2) is 31.7 Å². The van der Waals surface area contributed by atoms with Gasteiger partial charge in [-0.2, -0.15) is 0 Å². The molecule has 15 heavy (non-hydrogen) atoms. The molecular formula is C12H22ClNO. The van der Waals surface area contributed by atoms with Gasteiger partial charge in [0.2, 0.25) is 0 Å². The zero-order valence-corrected chi connectivity index (χ0v) is 10.2. The van der Waals surface area contributed by atoms with E-state index >= 15 is 0 Å². The van der Waals surface area contributed by atoms with E-state index in [1.165, 1.54) is 38.5 Å². The van der Waals surface area contributed by atoms with Crippen LogP contribution in [0.5, 0.6) is 0 Å². The van der Waals surface area contributed by atoms with Gasteiger partial charge < -0.3 is 10.1 Å². The first kappa shape index (κ1) is 11.7. The van der Waals surface area contributed by atoms with E-state index < -0.39 is 0 Å². The summed E-state index contributed by atoms with van der Waals surface area (Å²) >= 11 is 5.91. The van der Waals surface area contributed by atoms with Gasteiger partial charge in [0.15, 0.2) is 0 Å². The first-order valence-corrected chi connectivity index (χ1v) is 6.76. The van der Waals surface area contributed by atoms with Crippen LogP contribution >= 0.6 is 11.6 Å². The molecule has 88 valence electrons. The normalized spacial score (nSPS) is 28.2. The van der Waals surface area contributed by atoms with Crippen LogP contribution in [0.15, 0.2) is 0 Å². The van der Waals surface area contributed by atoms with E-state index in [0.717, 1.165) is 25.6 Å². The summed E-state index contributed by atoms with van der Waals surface area (Å²) in [4.78, 5) is 0. The maximum Gasteiger partial charge on any atom is 0.0576 e. The molecule has 1 saturated carbocycles. The van der Waals surface area contributed by atoms with Crippen LogP contribution in [0.4, 0.5) is 0 Å². The van der Waals surface area contributed by atoms with E-state index in [1.807, 2.05) is 0 Å². The number of hydrogen-bond acceptors (Lipinski definition) is 2. The van der Waals surface area contributed by atoms with Gasteiger partial charge >= 0.3 is 0 Å². The molecule has 1 aliphatic heterocycles. The molecule has 1 aliphatic carbocycles. The maximum absolute atomic E-state index is 5.91. The smallest absolute Gasteiger partial charge is 0.0576 e. The van der Waals surface area contributed by atoms with Gasteiger partial charge in [0.25, 0.3) is 0 Å². The number of hydrogen-bond donors (Lipinski definition) is 1. The predicted molar refractivity (Wildman–Crippen MR) is 63.5 cm³/mol. The van der Waals surface area contributed by atoms with Crippen molar-refractivity contribution in [3.63, 3.8) is 0 Å². The molecule has 0 aromatic heterocycles. The summed E-state index contributed by atoms with van der Waals surface area (Å²) in [5, 5.41) is 3.52. The van der Waals surface area contributed by atoms with Crippen molar-refractivity contribution >= 4 is 11.6 Å². The second-order valence-electron chi connectivity index (χ2n) is 5.09. The van der Waals surface area contributed by atoms with Crippen LogP contribution in [0.3, 0.4) is 0 Å². The zero-order chi connectivity index (χ0) is 10.6. The number of rotatable bonds is 7. The first-order chi connectivity index (χ1) is 7.35. The zero-order valence-electron chi connectivity index (χ0n) is 9.43. The second kappa shape index (κ2) is 5.51. The Labute approximate surface area is 97.7 Å². The van der Waals surface area contributed by atoms with E-state index in [4.69, 9.17) is 16.3 Å². The highest BCUT2D eigenvalue weighted by atomic mass is 35.5. The summed E-state index contributed by atoms with van der Waals surface area (Å²) in [7, 11) is 0. The number of nitrogens with one attached hydrogen (secondary N) is 1. The van der Waals surface area contributed by atoms with Crippen LogP contribution < -0.4 is 5.32 Å². The Balaban J connectivity index is 1.45. The number of halogens is 1. The summed E-state index contributed by atoms with van der Waals surface area (Å²) in [6, 6.07) is 0. The lowest BCUT2D eigenvalue weighted by atomic mass is 10.1. The van der Waals surface area contributed by atoms with E-state index in [9.17, 15) is 0 Å². The van der Waals surface area contributed by atoms with Gasteiger partial charge in [0.05, 0.1) is 6.10 Å². The molecule has 2 nitrogen and oxygen atoms in total. The summed E-state index contributed by atoms with van der Waals surface area (Å²) < 4.78 is 5.59. The van der Waals surface area contributed by atoms with Crippen LogP contribution in [-0.2, 0) is 4.74 Å². The SMILES string of the molecule is ClCC1(CNCCCC2CCCO2)CC1. The minimum Gasteiger partial charge on any atom is -0.378 e. The van der Waals surface area contributed by atoms with Gasteiger partial charge in [-0.05, 0) is 50.5 Å². The molecule has 1 unspecified atom stereocenters. The first-order valence-electron chi connectivity index (χ1n) is 6.23. The Hall–Kier alpha value is 0.210. The van der Waals surface area contributed by atoms with Crippen molar-refractivity contribution in [1.29, 1.82) is 0 Å². The average molecular weight is 232 g/mol. The molecule has 3 heteroatoms. The highest BCUT2D eigenvalue weighted by Crippen LogP contribution is 2.45. The van der Waals surface area contributed by atoms with E-state index in [0.29, 0.717) is 11.5 Å². The van der Waals surface area contributed by atoms with Crippen molar-refractivity contribution in [3.8, 4) is 0 Å². The average Bonchev–Trinajstić information content (AvgIpc) is 2.85. The van der Waals surface area contributed by atoms with Crippen molar-refractivity contribution in [2.24, 2.45) is 5.41 Å². The van der Waals surface area contributed by atoms with Gasteiger partial charge in [-0.1, -0.05) is 0 Å². The van der Waals surface area contributed by atoms with Crippen molar-refractivity contribution < 1.29 is 4.74 Å². The lowest BCUT2D eigenvalue weighted by molar-refractivity contribution is 0.102. The molecule has 2 aliphatic rings. The van der Waals surface area contributed by atoms with Crippen LogP contribution in [0.25, 0.3) is 0 Å². The topological polar surface area (TPSA) is 21.3 Å². The molecule has 1 atom stereocenters. The van der Waals surface area contributed by atoms with Crippen LogP contribution in [0, 0.1) is 5.41 Å². The maximum atomic E-state index is 5.91. The lowest BCUT2D eigenvalue weighted by Crippen LogP contribution is -2.26. The minimum atomic E-state index is 0.464. The Kier molecular flexibility index (Phi) is 4.30. The predicted octanol–water partition coefficient (Wildman–Crippen LogP) is 2.55. The highest BCUT2D eigenvalue weighted by Gasteiger charge is 2.40. The summed E-state index contributed by atoms with van der Waals surface area (Å²) in [6.45, 7) is 3.22. The molecule has 0 bridgehead atoms. The van der Waals surface area contributed by atoms with Gasteiger partial charge in [-0.3, -0.25) is 0 Å². The molecule has 1 heterocycles. The Morgan fingerprint density at radius 3 is 2.87 bits per heavy atom. The van der Waals surface area contributed by atoms with Crippen LogP contribution in [0.1, 0.15) is 38.5 Å². The fourth-order valence-corrected chi connectivity index (χ4v) is 2.58. The van der Waals surface area contributed by atoms with Gasteiger partial charge in [-0.15, -0.1) is 11.6 Å². The Bertz CT molecular complexity index is 188. The van der Waals surface area contributed by atoms with Crippen LogP contribution in [0.2, 0.25) is 0 Å². The molecule has 0 radical (unpaired) electrons. The van der Waals surface area contributed by atoms with Gasteiger partial charge in [-0.25, -0.2) is 0 Å². The van der Waals surface area contributed by atoms with Gasteiger partial charge in [0, 0.05) is 19.0 Å². The van der Waals surface area contributed by atoms with Gasteiger partial charge in [0.1, 0.15) is 0 Å². The number of ether oxygens (including phenoxy) is 1. The largest absolute Gasteiger partial charge is 0.378 e. The third-order valence-corrected chi connectivity index (χ3v) is 4.21. The van der Waals surface area contributed by atoms with Crippen molar-refractivity contribution in [1.82, 2.24) is 5.32 Å². The molecule has 2 rings (SSSR count). The molecule has 0 amide bonds. The van der Waals surface area contributed by atoms with E-state index in [1.54, 1.807) is 0 Å². The molecule has 2 fully saturated rings. The molecule has 1 saturated heterocycles. The molecule has 0 spiro atoms. The second-order valence-corrected chi connectivity index (χ2v) is 5.35. The molecular weight excluding hydrogens is 210 g/mol. The highest BCUT2D eigenvalue weighted by molar-refractivity contribution is 6.18. The standard InChI is InChI=1S/C12H22ClNO/c13-9-12(5-6-12)10-14-7-1-3-11-4-2-8-15-11/h11,14H,1-10H2. The van der Waals surface area contributed by atoms with Crippen molar-refractivity contribution in [2.45, 2.75) is 44.6 Å². The summed E-state index contributed by atoms with van der Waals surface area (Å²) in [5.41, 5.74) is 0.464. The fourth-order valence-electron chi connectivity index (χ4n) is 2.21. The Morgan fingerprint density at radius 2 is 2.27 bits per heavy atom. The lowest BCUT2D eigenvalue weighted by Gasteiger charge is -2.13. The summed E-state index contributed by atoms with van der Waals surface area (Å²) in [6.07, 6.45) is 8.17. The minimum absolute atomic E-state index is 0.464. The molecule has 1 N–H and O–H groups in total. The summed E-state index contributed by atoms with van der Waals surface area (Å²) in [5.74, 6) is 0.825. The monoisotopic (exact) mass is 231 g/mol. The molecule has 0 aromatic carbocycles. The molecule has 0 aromatic rings. The number of alkyl halides is 1. The van der Waals surface area contributed by atoms with Crippen molar-refractivity contribution in [2.75, 3.05) is 25.6 Å². The Morgan fingerprint density at radius 1 is 1.40 bits per heavy atom. The fraction of sp³-hybridized carbons (Fsp3) is 1.00.